The monoisotopic (exact) mass is 340 g/mol. The molecule has 0 aliphatic heterocycles. The standard InChI is InChI=1S/C17H29BrN2/c1-16(2,3)19-12-17(4,5)13-20(6)11-14-8-7-9-15(18)10-14/h7-10,19H,11-13H2,1-6H3. The lowest BCUT2D eigenvalue weighted by molar-refractivity contribution is 0.186. The predicted octanol–water partition coefficient (Wildman–Crippen LogP) is 4.30. The van der Waals surface area contributed by atoms with E-state index in [0.29, 0.717) is 0 Å². The van der Waals surface area contributed by atoms with Crippen molar-refractivity contribution in [3.8, 4) is 0 Å². The van der Waals surface area contributed by atoms with Crippen LogP contribution in [-0.4, -0.2) is 30.6 Å². The van der Waals surface area contributed by atoms with Crippen molar-refractivity contribution in [3.05, 3.63) is 34.3 Å². The third-order valence-electron chi connectivity index (χ3n) is 3.14. The molecule has 0 radical (unpaired) electrons. The topological polar surface area (TPSA) is 15.3 Å². The van der Waals surface area contributed by atoms with Crippen LogP contribution in [0.15, 0.2) is 28.7 Å². The van der Waals surface area contributed by atoms with Crippen LogP contribution in [0, 0.1) is 5.41 Å². The molecule has 20 heavy (non-hydrogen) atoms. The number of nitrogens with zero attached hydrogens (tertiary/aromatic N) is 1. The Labute approximate surface area is 133 Å². The van der Waals surface area contributed by atoms with Crippen molar-refractivity contribution >= 4 is 15.9 Å². The number of halogens is 1. The Hall–Kier alpha value is -0.380. The molecule has 114 valence electrons. The molecule has 0 atom stereocenters. The minimum atomic E-state index is 0.181. The minimum absolute atomic E-state index is 0.181. The summed E-state index contributed by atoms with van der Waals surface area (Å²) < 4.78 is 1.15. The largest absolute Gasteiger partial charge is 0.311 e. The van der Waals surface area contributed by atoms with Crippen LogP contribution in [0.4, 0.5) is 0 Å². The average molecular weight is 341 g/mol. The summed E-state index contributed by atoms with van der Waals surface area (Å²) in [4.78, 5) is 2.39. The molecule has 0 unspecified atom stereocenters. The van der Waals surface area contributed by atoms with E-state index in [1.54, 1.807) is 0 Å². The second-order valence-electron chi connectivity index (χ2n) is 7.57. The Bertz CT molecular complexity index is 421. The van der Waals surface area contributed by atoms with Crippen molar-refractivity contribution in [1.29, 1.82) is 0 Å². The highest BCUT2D eigenvalue weighted by molar-refractivity contribution is 9.10. The van der Waals surface area contributed by atoms with Gasteiger partial charge in [0.1, 0.15) is 0 Å². The Morgan fingerprint density at radius 3 is 2.35 bits per heavy atom. The van der Waals surface area contributed by atoms with E-state index in [0.717, 1.165) is 24.1 Å². The fraction of sp³-hybridized carbons (Fsp3) is 0.647. The molecule has 0 fully saturated rings. The van der Waals surface area contributed by atoms with Gasteiger partial charge in [0, 0.05) is 29.6 Å². The zero-order valence-corrected chi connectivity index (χ0v) is 15.3. The van der Waals surface area contributed by atoms with Crippen LogP contribution in [0.1, 0.15) is 40.2 Å². The maximum atomic E-state index is 3.61. The van der Waals surface area contributed by atoms with Gasteiger partial charge in [-0.1, -0.05) is 41.9 Å². The smallest absolute Gasteiger partial charge is 0.0231 e. The highest BCUT2D eigenvalue weighted by Crippen LogP contribution is 2.19. The summed E-state index contributed by atoms with van der Waals surface area (Å²) in [5.41, 5.74) is 1.79. The van der Waals surface area contributed by atoms with Gasteiger partial charge in [0.15, 0.2) is 0 Å². The van der Waals surface area contributed by atoms with Crippen molar-refractivity contribution in [3.63, 3.8) is 0 Å². The highest BCUT2D eigenvalue weighted by atomic mass is 79.9. The van der Waals surface area contributed by atoms with Gasteiger partial charge in [0.05, 0.1) is 0 Å². The van der Waals surface area contributed by atoms with Crippen LogP contribution in [0.2, 0.25) is 0 Å². The zero-order chi connectivity index (χ0) is 15.4. The molecule has 0 bridgehead atoms. The molecule has 0 aliphatic rings. The van der Waals surface area contributed by atoms with Gasteiger partial charge in [-0.3, -0.25) is 0 Å². The fourth-order valence-corrected chi connectivity index (χ4v) is 2.74. The van der Waals surface area contributed by atoms with Crippen LogP contribution in [-0.2, 0) is 6.54 Å². The first-order valence-corrected chi connectivity index (χ1v) is 8.05. The van der Waals surface area contributed by atoms with Crippen molar-refractivity contribution < 1.29 is 0 Å². The molecular weight excluding hydrogens is 312 g/mol. The molecule has 1 rings (SSSR count). The van der Waals surface area contributed by atoms with E-state index in [9.17, 15) is 0 Å². The molecule has 0 saturated heterocycles. The second kappa shape index (κ2) is 7.06. The average Bonchev–Trinajstić information content (AvgIpc) is 2.24. The number of rotatable bonds is 6. The van der Waals surface area contributed by atoms with Crippen molar-refractivity contribution in [2.75, 3.05) is 20.1 Å². The van der Waals surface area contributed by atoms with Crippen molar-refractivity contribution in [1.82, 2.24) is 10.2 Å². The summed E-state index contributed by atoms with van der Waals surface area (Å²) in [6.45, 7) is 14.4. The number of hydrogen-bond acceptors (Lipinski definition) is 2. The third kappa shape index (κ3) is 7.41. The Morgan fingerprint density at radius 2 is 1.80 bits per heavy atom. The molecule has 0 heterocycles. The third-order valence-corrected chi connectivity index (χ3v) is 3.63. The molecule has 0 saturated carbocycles. The summed E-state index contributed by atoms with van der Waals surface area (Å²) >= 11 is 3.53. The van der Waals surface area contributed by atoms with Gasteiger partial charge < -0.3 is 10.2 Å². The van der Waals surface area contributed by atoms with E-state index in [-0.39, 0.29) is 11.0 Å². The first kappa shape index (κ1) is 17.7. The molecule has 1 N–H and O–H groups in total. The van der Waals surface area contributed by atoms with E-state index in [2.05, 4.69) is 92.1 Å². The summed E-state index contributed by atoms with van der Waals surface area (Å²) in [7, 11) is 2.19. The first-order valence-electron chi connectivity index (χ1n) is 7.25. The quantitative estimate of drug-likeness (QED) is 0.830. The van der Waals surface area contributed by atoms with E-state index in [1.807, 2.05) is 0 Å². The zero-order valence-electron chi connectivity index (χ0n) is 13.8. The van der Waals surface area contributed by atoms with Crippen LogP contribution in [0.3, 0.4) is 0 Å². The SMILES string of the molecule is CN(Cc1cccc(Br)c1)CC(C)(C)CNC(C)(C)C. The van der Waals surface area contributed by atoms with Gasteiger partial charge in [-0.05, 0) is 50.9 Å². The molecule has 0 aliphatic carbocycles. The van der Waals surface area contributed by atoms with Crippen LogP contribution < -0.4 is 5.32 Å². The maximum Gasteiger partial charge on any atom is 0.0231 e. The normalized spacial score (nSPS) is 13.0. The first-order chi connectivity index (χ1) is 9.07. The number of hydrogen-bond donors (Lipinski definition) is 1. The van der Waals surface area contributed by atoms with Crippen molar-refractivity contribution in [2.45, 2.75) is 46.7 Å². The molecule has 1 aromatic carbocycles. The lowest BCUT2D eigenvalue weighted by atomic mass is 9.91. The molecule has 0 spiro atoms. The van der Waals surface area contributed by atoms with Crippen LogP contribution in [0.25, 0.3) is 0 Å². The highest BCUT2D eigenvalue weighted by Gasteiger charge is 2.22. The fourth-order valence-electron chi connectivity index (χ4n) is 2.29. The predicted molar refractivity (Wildman–Crippen MR) is 92.0 cm³/mol. The molecule has 0 aromatic heterocycles. The van der Waals surface area contributed by atoms with Crippen LogP contribution in [0.5, 0.6) is 0 Å². The molecule has 0 amide bonds. The number of benzene rings is 1. The van der Waals surface area contributed by atoms with Gasteiger partial charge in [0.2, 0.25) is 0 Å². The number of nitrogens with one attached hydrogen (secondary N) is 1. The summed E-state index contributed by atoms with van der Waals surface area (Å²) in [6.07, 6.45) is 0. The molecule has 3 heteroatoms. The van der Waals surface area contributed by atoms with E-state index >= 15 is 0 Å². The van der Waals surface area contributed by atoms with Crippen molar-refractivity contribution in [2.24, 2.45) is 5.41 Å². The molecular formula is C17H29BrN2. The Morgan fingerprint density at radius 1 is 1.15 bits per heavy atom. The van der Waals surface area contributed by atoms with E-state index in [1.165, 1.54) is 5.56 Å². The lowest BCUT2D eigenvalue weighted by Crippen LogP contribution is -2.45. The lowest BCUT2D eigenvalue weighted by Gasteiger charge is -2.34. The van der Waals surface area contributed by atoms with Gasteiger partial charge in [-0.15, -0.1) is 0 Å². The van der Waals surface area contributed by atoms with Gasteiger partial charge >= 0.3 is 0 Å². The Balaban J connectivity index is 2.50. The molecule has 2 nitrogen and oxygen atoms in total. The summed E-state index contributed by atoms with van der Waals surface area (Å²) in [6, 6.07) is 8.54. The Kier molecular flexibility index (Phi) is 6.24. The van der Waals surface area contributed by atoms with Crippen LogP contribution >= 0.6 is 15.9 Å². The minimum Gasteiger partial charge on any atom is -0.311 e. The summed E-state index contributed by atoms with van der Waals surface area (Å²) in [5, 5.41) is 3.61. The van der Waals surface area contributed by atoms with Gasteiger partial charge in [-0.25, -0.2) is 0 Å². The van der Waals surface area contributed by atoms with Gasteiger partial charge in [-0.2, -0.15) is 0 Å². The maximum absolute atomic E-state index is 3.61. The van der Waals surface area contributed by atoms with E-state index < -0.39 is 0 Å². The van der Waals surface area contributed by atoms with Gasteiger partial charge in [0.25, 0.3) is 0 Å². The second-order valence-corrected chi connectivity index (χ2v) is 8.49. The summed E-state index contributed by atoms with van der Waals surface area (Å²) in [5.74, 6) is 0. The molecule has 1 aromatic rings. The van der Waals surface area contributed by atoms with E-state index in [4.69, 9.17) is 0 Å².